The highest BCUT2D eigenvalue weighted by Crippen LogP contribution is 2.50. The molecule has 0 atom stereocenters. The lowest BCUT2D eigenvalue weighted by molar-refractivity contribution is -0.132. The van der Waals surface area contributed by atoms with E-state index in [1.54, 1.807) is 17.4 Å². The van der Waals surface area contributed by atoms with E-state index in [9.17, 15) is 15.2 Å². The normalized spacial score (nSPS) is 12.0. The molecule has 0 amide bonds. The van der Waals surface area contributed by atoms with Gasteiger partial charge in [0, 0.05) is 67.4 Å². The van der Waals surface area contributed by atoms with E-state index in [0.29, 0.717) is 0 Å². The largest absolute Gasteiger partial charge is 0.477 e. The molecule has 4 nitrogen and oxygen atoms in total. The van der Waals surface area contributed by atoms with E-state index in [1.807, 2.05) is 40.1 Å². The molecule has 0 aliphatic heterocycles. The third-order valence-corrected chi connectivity index (χ3v) is 15.3. The van der Waals surface area contributed by atoms with E-state index < -0.39 is 5.97 Å². The van der Waals surface area contributed by atoms with Gasteiger partial charge in [-0.3, -0.25) is 0 Å². The molecule has 8 heteroatoms. The molecule has 0 saturated carbocycles. The summed E-state index contributed by atoms with van der Waals surface area (Å²) in [5.41, 5.74) is 8.96. The Labute approximate surface area is 334 Å². The van der Waals surface area contributed by atoms with E-state index in [-0.39, 0.29) is 5.57 Å². The number of nitriles is 1. The van der Waals surface area contributed by atoms with E-state index >= 15 is 0 Å². The molecule has 0 aliphatic carbocycles. The number of aliphatic carboxylic acids is 1. The summed E-state index contributed by atoms with van der Waals surface area (Å²) in [6.45, 7) is 12.1. The zero-order chi connectivity index (χ0) is 37.9. The maximum absolute atomic E-state index is 11.7. The molecule has 0 aliphatic rings. The number of aromatic nitrogens is 1. The Morgan fingerprint density at radius 2 is 1.15 bits per heavy atom. The average Bonchev–Trinajstić information content (AvgIpc) is 4.00. The Bertz CT molecular complexity index is 2540. The van der Waals surface area contributed by atoms with Crippen LogP contribution in [0.3, 0.4) is 0 Å². The van der Waals surface area contributed by atoms with Gasteiger partial charge in [-0.05, 0) is 109 Å². The van der Waals surface area contributed by atoms with Crippen LogP contribution in [0.2, 0.25) is 0 Å². The molecule has 276 valence electrons. The lowest BCUT2D eigenvalue weighted by Crippen LogP contribution is -1.97. The van der Waals surface area contributed by atoms with Crippen molar-refractivity contribution in [1.82, 2.24) is 4.57 Å². The average molecular weight is 787 g/mol. The van der Waals surface area contributed by atoms with Gasteiger partial charge in [-0.2, -0.15) is 5.26 Å². The summed E-state index contributed by atoms with van der Waals surface area (Å²) in [5, 5.41) is 21.7. The molecule has 7 aromatic rings. The monoisotopic (exact) mass is 786 g/mol. The zero-order valence-corrected chi connectivity index (χ0v) is 34.9. The second-order valence-corrected chi connectivity index (χ2v) is 18.1. The molecule has 0 saturated heterocycles. The Morgan fingerprint density at radius 3 is 1.70 bits per heavy atom. The summed E-state index contributed by atoms with van der Waals surface area (Å²) < 4.78 is 2.42. The first-order valence-corrected chi connectivity index (χ1v) is 22.5. The highest BCUT2D eigenvalue weighted by Gasteiger charge is 2.23. The summed E-state index contributed by atoms with van der Waals surface area (Å²) in [7, 11) is 0. The van der Waals surface area contributed by atoms with Gasteiger partial charge >= 0.3 is 5.97 Å². The molecule has 0 fully saturated rings. The van der Waals surface area contributed by atoms with Gasteiger partial charge in [0.15, 0.2) is 0 Å². The lowest BCUT2D eigenvalue weighted by Gasteiger charge is -2.03. The molecule has 0 radical (unpaired) electrons. The van der Waals surface area contributed by atoms with E-state index in [2.05, 4.69) is 106 Å². The maximum atomic E-state index is 11.7. The van der Waals surface area contributed by atoms with Crippen LogP contribution in [0.4, 0.5) is 0 Å². The first kappa shape index (κ1) is 38.0. The molecule has 54 heavy (non-hydrogen) atoms. The Morgan fingerprint density at radius 1 is 0.648 bits per heavy atom. The number of para-hydroxylation sites is 1. The molecular weight excluding hydrogens is 741 g/mol. The minimum atomic E-state index is -1.18. The van der Waals surface area contributed by atoms with Crippen LogP contribution in [0.25, 0.3) is 67.6 Å². The number of thiophene rings is 4. The van der Waals surface area contributed by atoms with Gasteiger partial charge in [0.2, 0.25) is 0 Å². The molecule has 5 aromatic heterocycles. The van der Waals surface area contributed by atoms with Gasteiger partial charge in [-0.1, -0.05) is 77.6 Å². The van der Waals surface area contributed by atoms with Crippen molar-refractivity contribution < 1.29 is 9.90 Å². The lowest BCUT2D eigenvalue weighted by atomic mass is 10.0. The molecule has 7 rings (SSSR count). The van der Waals surface area contributed by atoms with Crippen molar-refractivity contribution in [3.8, 4) is 45.8 Å². The van der Waals surface area contributed by atoms with Crippen molar-refractivity contribution in [3.05, 3.63) is 99.4 Å². The van der Waals surface area contributed by atoms with Gasteiger partial charge in [0.25, 0.3) is 0 Å². The van der Waals surface area contributed by atoms with E-state index in [4.69, 9.17) is 0 Å². The van der Waals surface area contributed by atoms with Crippen LogP contribution in [-0.4, -0.2) is 15.6 Å². The van der Waals surface area contributed by atoms with Crippen LogP contribution in [-0.2, 0) is 37.0 Å². The number of hydrogen-bond acceptors (Lipinski definition) is 6. The number of hydrogen-bond donors (Lipinski definition) is 1. The minimum Gasteiger partial charge on any atom is -0.477 e. The van der Waals surface area contributed by atoms with E-state index in [1.165, 1.54) is 73.3 Å². The third-order valence-electron chi connectivity index (χ3n) is 10.0. The van der Waals surface area contributed by atoms with E-state index in [0.717, 1.165) is 73.2 Å². The van der Waals surface area contributed by atoms with Crippen molar-refractivity contribution in [2.24, 2.45) is 0 Å². The standard InChI is InChI=1S/C46H46N2O2S4/c1-6-13-28-22-40(51-38(28)26-33(27-47)46(49)50)43-31(15-8-3)24-42(53-43)45-32(16-9-4)25-41(54-45)44-30(14-7-2)23-39(52-44)29-19-20-37-35(21-29)34-17-11-12-18-36(34)48(37)10-5/h11-12,17-26H,6-10,13-16H2,1-5H3,(H,49,50)/b33-26+. The van der Waals surface area contributed by atoms with Gasteiger partial charge in [0.05, 0.1) is 0 Å². The summed E-state index contributed by atoms with van der Waals surface area (Å²) in [5.74, 6) is -1.18. The SMILES string of the molecule is CCCc1cc(-c2sc(-c3sc(-c4sc(-c5ccc6c(c5)c5ccccc5n6CC)cc4CCC)cc3CCC)cc2CCC)sc1/C=C(\C#N)C(=O)O. The number of carbonyl (C=O) groups is 1. The van der Waals surface area contributed by atoms with Gasteiger partial charge in [-0.25, -0.2) is 4.79 Å². The molecular formula is C46H46N2O2S4. The van der Waals surface area contributed by atoms with Crippen LogP contribution >= 0.6 is 45.3 Å². The second kappa shape index (κ2) is 16.6. The quantitative estimate of drug-likeness (QED) is 0.0831. The molecule has 2 aromatic carbocycles. The smallest absolute Gasteiger partial charge is 0.346 e. The fourth-order valence-electron chi connectivity index (χ4n) is 7.61. The number of carboxylic acids is 1. The predicted molar refractivity (Wildman–Crippen MR) is 236 cm³/mol. The fraction of sp³-hybridized carbons (Fsp3) is 0.304. The number of aryl methyl sites for hydroxylation is 5. The predicted octanol–water partition coefficient (Wildman–Crippen LogP) is 14.5. The molecule has 5 heterocycles. The summed E-state index contributed by atoms with van der Waals surface area (Å²) in [6, 6.07) is 27.2. The second-order valence-electron chi connectivity index (χ2n) is 13.9. The molecule has 0 spiro atoms. The van der Waals surface area contributed by atoms with Gasteiger partial charge < -0.3 is 9.67 Å². The Kier molecular flexibility index (Phi) is 11.7. The van der Waals surface area contributed by atoms with Gasteiger partial charge in [-0.15, -0.1) is 45.3 Å². The zero-order valence-electron chi connectivity index (χ0n) is 31.7. The summed E-state index contributed by atoms with van der Waals surface area (Å²) >= 11 is 7.36. The van der Waals surface area contributed by atoms with Gasteiger partial charge in [0.1, 0.15) is 11.6 Å². The van der Waals surface area contributed by atoms with Crippen molar-refractivity contribution in [3.63, 3.8) is 0 Å². The maximum Gasteiger partial charge on any atom is 0.346 e. The van der Waals surface area contributed by atoms with Crippen LogP contribution in [0, 0.1) is 11.3 Å². The fourth-order valence-corrected chi connectivity index (χ4v) is 12.8. The topological polar surface area (TPSA) is 66.0 Å². The first-order valence-electron chi connectivity index (χ1n) is 19.2. The molecule has 1 N–H and O–H groups in total. The Balaban J connectivity index is 1.31. The van der Waals surface area contributed by atoms with Crippen molar-refractivity contribution in [2.75, 3.05) is 0 Å². The number of benzene rings is 2. The number of fused-ring (bicyclic) bond motifs is 3. The van der Waals surface area contributed by atoms with Crippen LogP contribution in [0.5, 0.6) is 0 Å². The molecule has 0 unspecified atom stereocenters. The van der Waals surface area contributed by atoms with Crippen molar-refractivity contribution >= 4 is 79.2 Å². The summed E-state index contributed by atoms with van der Waals surface area (Å²) in [4.78, 5) is 21.8. The highest BCUT2D eigenvalue weighted by molar-refractivity contribution is 7.29. The Hall–Kier alpha value is -4.26. The highest BCUT2D eigenvalue weighted by atomic mass is 32.1. The third kappa shape index (κ3) is 7.27. The minimum absolute atomic E-state index is 0.222. The van der Waals surface area contributed by atoms with Crippen molar-refractivity contribution in [1.29, 1.82) is 5.26 Å². The number of nitrogens with zero attached hydrogens (tertiary/aromatic N) is 2. The van der Waals surface area contributed by atoms with Crippen LogP contribution < -0.4 is 0 Å². The van der Waals surface area contributed by atoms with Crippen LogP contribution in [0.1, 0.15) is 87.4 Å². The molecule has 0 bridgehead atoms. The van der Waals surface area contributed by atoms with Crippen LogP contribution in [0.15, 0.2) is 72.3 Å². The summed E-state index contributed by atoms with van der Waals surface area (Å²) in [6.07, 6.45) is 9.63. The first-order chi connectivity index (χ1) is 26.3. The number of rotatable bonds is 15. The number of carboxylic acid groups (broad SMARTS) is 1. The van der Waals surface area contributed by atoms with Crippen molar-refractivity contribution in [2.45, 2.75) is 92.5 Å².